The number of amides is 2. The molecule has 2 N–H and O–H groups in total. The van der Waals surface area contributed by atoms with Crippen molar-refractivity contribution in [2.24, 2.45) is 11.3 Å². The van der Waals surface area contributed by atoms with E-state index in [9.17, 15) is 14.7 Å². The Morgan fingerprint density at radius 1 is 1.08 bits per heavy atom. The van der Waals surface area contributed by atoms with Crippen molar-refractivity contribution in [3.05, 3.63) is 88.2 Å². The molecule has 1 saturated heterocycles. The van der Waals surface area contributed by atoms with Gasteiger partial charge in [0, 0.05) is 48.1 Å². The number of aryl methyl sites for hydroxylation is 1. The van der Waals surface area contributed by atoms with Crippen molar-refractivity contribution in [1.82, 2.24) is 24.3 Å². The first-order valence-corrected chi connectivity index (χ1v) is 18.0. The lowest BCUT2D eigenvalue weighted by atomic mass is 9.33. The number of anilines is 1. The van der Waals surface area contributed by atoms with E-state index in [1.165, 1.54) is 53.7 Å². The van der Waals surface area contributed by atoms with Gasteiger partial charge in [0.2, 0.25) is 0 Å². The third kappa shape index (κ3) is 4.84. The molecule has 11 heteroatoms. The zero-order valence-electron chi connectivity index (χ0n) is 26.8. The van der Waals surface area contributed by atoms with Crippen LogP contribution in [0.5, 0.6) is 0 Å². The largest absolute Gasteiger partial charge is 0.396 e. The predicted molar refractivity (Wildman–Crippen MR) is 180 cm³/mol. The number of piperidine rings is 1. The van der Waals surface area contributed by atoms with Crippen molar-refractivity contribution in [3.63, 3.8) is 0 Å². The molecule has 2 amide bonds. The van der Waals surface area contributed by atoms with Gasteiger partial charge < -0.3 is 19.5 Å². The van der Waals surface area contributed by atoms with Crippen molar-refractivity contribution in [1.29, 1.82) is 0 Å². The quantitative estimate of drug-likeness (QED) is 0.243. The van der Waals surface area contributed by atoms with Gasteiger partial charge in [0.05, 0.1) is 18.6 Å². The zero-order valence-corrected chi connectivity index (χ0v) is 27.6. The third-order valence-corrected chi connectivity index (χ3v) is 12.5. The Hall–Kier alpha value is -3.93. The van der Waals surface area contributed by atoms with E-state index in [4.69, 9.17) is 0 Å². The van der Waals surface area contributed by atoms with E-state index in [2.05, 4.69) is 44.5 Å². The summed E-state index contributed by atoms with van der Waals surface area (Å²) in [5.41, 5.74) is 5.64. The molecule has 10 rings (SSSR count). The highest BCUT2D eigenvalue weighted by Gasteiger charge is 2.68. The second kappa shape index (κ2) is 11.3. The maximum absolute atomic E-state index is 15.8. The molecule has 3 saturated carbocycles. The Bertz CT molecular complexity index is 1880. The molecule has 9 nitrogen and oxygen atoms in total. The molecule has 6 aliphatic rings. The average Bonchev–Trinajstić information content (AvgIpc) is 3.87. The summed E-state index contributed by atoms with van der Waals surface area (Å²) in [6.45, 7) is 4.48. The first-order valence-electron chi connectivity index (χ1n) is 17.2. The molecule has 0 unspecified atom stereocenters. The van der Waals surface area contributed by atoms with Crippen LogP contribution in [0.15, 0.2) is 54.3 Å². The fourth-order valence-corrected chi connectivity index (χ4v) is 9.99. The number of aliphatic hydroxyl groups excluding tert-OH is 1. The number of likely N-dealkylation sites (tertiary alicyclic amines) is 1. The third-order valence-electron chi connectivity index (χ3n) is 11.8. The van der Waals surface area contributed by atoms with Gasteiger partial charge in [-0.25, -0.2) is 14.4 Å². The first kappa shape index (κ1) is 30.2. The molecule has 1 atom stereocenters. The summed E-state index contributed by atoms with van der Waals surface area (Å²) in [6.07, 6.45) is 10.9. The number of benzene rings is 2. The van der Waals surface area contributed by atoms with Crippen LogP contribution in [0.2, 0.25) is 0 Å². The highest BCUT2D eigenvalue weighted by atomic mass is 32.1. The Labute approximate surface area is 282 Å². The number of rotatable bonds is 9. The normalized spacial score (nSPS) is 25.4. The molecule has 3 aliphatic heterocycles. The molecule has 48 heavy (non-hydrogen) atoms. The van der Waals surface area contributed by atoms with Gasteiger partial charge in [-0.3, -0.25) is 14.9 Å². The number of fused-ring (bicyclic) bond motifs is 2. The Morgan fingerprint density at radius 2 is 1.88 bits per heavy atom. The molecule has 4 aromatic rings. The lowest BCUT2D eigenvalue weighted by molar-refractivity contribution is -0.158. The first-order chi connectivity index (χ1) is 23.3. The Balaban J connectivity index is 0.926. The summed E-state index contributed by atoms with van der Waals surface area (Å²) >= 11 is 1.30. The fourth-order valence-electron chi connectivity index (χ4n) is 9.46. The molecular weight excluding hydrogens is 628 g/mol. The summed E-state index contributed by atoms with van der Waals surface area (Å²) in [4.78, 5) is 40.6. The molecule has 3 aliphatic carbocycles. The molecule has 5 heterocycles. The number of aliphatic hydroxyl groups is 1. The summed E-state index contributed by atoms with van der Waals surface area (Å²) in [7, 11) is 0. The minimum atomic E-state index is -1.01. The number of carbonyl (C=O) groups excluding carboxylic acids is 2. The van der Waals surface area contributed by atoms with Crippen LogP contribution in [0.4, 0.5) is 9.52 Å². The van der Waals surface area contributed by atoms with Crippen molar-refractivity contribution in [2.75, 3.05) is 31.6 Å². The smallest absolute Gasteiger partial charge is 0.255 e. The maximum atomic E-state index is 15.8. The molecule has 2 bridgehead atoms. The van der Waals surface area contributed by atoms with Crippen LogP contribution in [-0.2, 0) is 29.7 Å². The molecule has 2 aromatic heterocycles. The number of nitrogens with zero attached hydrogens (tertiary/aromatic N) is 5. The van der Waals surface area contributed by atoms with Crippen LogP contribution in [-0.4, -0.2) is 67.5 Å². The lowest BCUT2D eigenvalue weighted by Crippen LogP contribution is -2.68. The number of carbonyl (C=O) groups is 2. The number of thiazole rings is 1. The van der Waals surface area contributed by atoms with Gasteiger partial charge in [0.1, 0.15) is 5.82 Å². The van der Waals surface area contributed by atoms with E-state index in [1.807, 2.05) is 4.57 Å². The second-order valence-corrected chi connectivity index (χ2v) is 15.7. The van der Waals surface area contributed by atoms with Crippen LogP contribution >= 0.6 is 11.3 Å². The summed E-state index contributed by atoms with van der Waals surface area (Å²) in [5.74, 6) is -0.754. The van der Waals surface area contributed by atoms with Crippen LogP contribution in [0.1, 0.15) is 77.4 Å². The topological polar surface area (TPSA) is 104 Å². The Morgan fingerprint density at radius 3 is 2.60 bits per heavy atom. The van der Waals surface area contributed by atoms with Crippen LogP contribution < -0.4 is 5.32 Å². The number of halogens is 1. The average molecular weight is 667 g/mol. The van der Waals surface area contributed by atoms with Gasteiger partial charge in [-0.15, -0.1) is 11.3 Å². The molecule has 248 valence electrons. The number of aromatic nitrogens is 3. The van der Waals surface area contributed by atoms with Crippen LogP contribution in [0, 0.1) is 17.2 Å². The maximum Gasteiger partial charge on any atom is 0.255 e. The van der Waals surface area contributed by atoms with E-state index in [0.717, 1.165) is 56.6 Å². The summed E-state index contributed by atoms with van der Waals surface area (Å²) < 4.78 is 17.8. The molecule has 4 fully saturated rings. The molecule has 0 spiro atoms. The number of imidazole rings is 1. The Kier molecular flexibility index (Phi) is 7.11. The van der Waals surface area contributed by atoms with E-state index in [1.54, 1.807) is 24.0 Å². The van der Waals surface area contributed by atoms with Crippen LogP contribution in [0.3, 0.4) is 0 Å². The SMILES string of the molecule is O=C(Nc1nccs1)[C@@H](c1ncn2c1CCC2)N1Cc2c(F)cc(-c3ccc(C45CC(CN6CCC(CO)CC6)(C4)C5)cc3)cc2C1=O. The standard InChI is InChI=1S/C37H39FN6O3S/c38-29-15-25(24-3-5-26(6-4-24)37-18-36(19-37,20-37)21-42-11-7-23(17-45)8-12-42)14-27-28(29)16-44(34(27)47)32(33(46)41-35-39-9-13-48-35)31-30-2-1-10-43(30)22-40-31/h3-6,9,13-15,22-23,32,45H,1-2,7-8,10-12,16-21H2,(H,39,41,46)/t32-,36?,37?/m1/s1. The molecular formula is C37H39FN6O3S. The van der Waals surface area contributed by atoms with E-state index < -0.39 is 17.8 Å². The van der Waals surface area contributed by atoms with E-state index in [0.29, 0.717) is 45.5 Å². The number of hydrogen-bond donors (Lipinski definition) is 2. The van der Waals surface area contributed by atoms with Gasteiger partial charge in [-0.2, -0.15) is 0 Å². The van der Waals surface area contributed by atoms with Gasteiger partial charge in [0.15, 0.2) is 11.2 Å². The highest BCUT2D eigenvalue weighted by Crippen LogP contribution is 2.73. The van der Waals surface area contributed by atoms with Gasteiger partial charge >= 0.3 is 0 Å². The van der Waals surface area contributed by atoms with Crippen molar-refractivity contribution < 1.29 is 19.1 Å². The van der Waals surface area contributed by atoms with Gasteiger partial charge in [-0.1, -0.05) is 24.3 Å². The number of hydrogen-bond acceptors (Lipinski definition) is 7. The molecule has 0 radical (unpaired) electrons. The van der Waals surface area contributed by atoms with E-state index in [-0.39, 0.29) is 17.9 Å². The fraction of sp³-hybridized carbons (Fsp3) is 0.459. The monoisotopic (exact) mass is 666 g/mol. The summed E-state index contributed by atoms with van der Waals surface area (Å²) in [6, 6.07) is 10.8. The highest BCUT2D eigenvalue weighted by molar-refractivity contribution is 7.13. The molecule has 2 aromatic carbocycles. The number of nitrogens with one attached hydrogen (secondary N) is 1. The summed E-state index contributed by atoms with van der Waals surface area (Å²) in [5, 5.41) is 14.5. The van der Waals surface area contributed by atoms with Crippen molar-refractivity contribution in [2.45, 2.75) is 69.5 Å². The minimum absolute atomic E-state index is 0.00874. The van der Waals surface area contributed by atoms with Crippen molar-refractivity contribution >= 4 is 28.3 Å². The van der Waals surface area contributed by atoms with Crippen molar-refractivity contribution in [3.8, 4) is 11.1 Å². The van der Waals surface area contributed by atoms with Gasteiger partial charge in [0.25, 0.3) is 11.8 Å². The lowest BCUT2D eigenvalue weighted by Gasteiger charge is -2.72. The minimum Gasteiger partial charge on any atom is -0.396 e. The van der Waals surface area contributed by atoms with Gasteiger partial charge in [-0.05, 0) is 104 Å². The van der Waals surface area contributed by atoms with E-state index >= 15 is 4.39 Å². The zero-order chi connectivity index (χ0) is 32.6. The second-order valence-electron chi connectivity index (χ2n) is 14.8. The van der Waals surface area contributed by atoms with Crippen LogP contribution in [0.25, 0.3) is 11.1 Å². The predicted octanol–water partition coefficient (Wildman–Crippen LogP) is 5.55.